The molecule has 0 saturated carbocycles. The molecular weight excluding hydrogens is 740 g/mol. The number of fused-ring (bicyclic) bond motifs is 1. The zero-order valence-corrected chi connectivity index (χ0v) is 28.2. The molecule has 0 aliphatic carbocycles. The first-order chi connectivity index (χ1) is 22.5. The molecule has 1 aromatic heterocycles. The van der Waals surface area contributed by atoms with Crippen LogP contribution in [0.15, 0.2) is 46.7 Å². The van der Waals surface area contributed by atoms with E-state index in [4.69, 9.17) is 42.5 Å². The summed E-state index contributed by atoms with van der Waals surface area (Å²) in [4.78, 5) is 43.1. The number of rotatable bonds is 14. The number of phenolic OH excluding ortho intramolecular Hbond substituents is 4. The van der Waals surface area contributed by atoms with Gasteiger partial charge in [0.25, 0.3) is 21.8 Å². The highest BCUT2D eigenvalue weighted by atomic mass is 35.5. The lowest BCUT2D eigenvalue weighted by atomic mass is 10.2. The Balaban J connectivity index is 1.56. The van der Waals surface area contributed by atoms with Gasteiger partial charge >= 0.3 is 7.60 Å². The van der Waals surface area contributed by atoms with Gasteiger partial charge in [0.1, 0.15) is 28.7 Å². The molecule has 48 heavy (non-hydrogen) atoms. The Labute approximate surface area is 285 Å². The lowest BCUT2D eigenvalue weighted by molar-refractivity contribution is 0.0936. The highest BCUT2D eigenvalue weighted by Crippen LogP contribution is 2.50. The van der Waals surface area contributed by atoms with Crippen molar-refractivity contribution >= 4 is 74.1 Å². The molecule has 2 amide bonds. The summed E-state index contributed by atoms with van der Waals surface area (Å²) in [5, 5.41) is 43.1. The monoisotopic (exact) mass is 765 g/mol. The Morgan fingerprint density at radius 2 is 1.25 bits per heavy atom. The third-order valence-electron chi connectivity index (χ3n) is 6.22. The molecule has 0 spiro atoms. The van der Waals surface area contributed by atoms with E-state index in [1.807, 2.05) is 4.72 Å². The predicted octanol–water partition coefficient (Wildman–Crippen LogP) is 3.06. The molecule has 0 bridgehead atoms. The third-order valence-corrected chi connectivity index (χ3v) is 10.9. The number of hydrogen-bond acceptors (Lipinski definition) is 12. The molecule has 0 saturated heterocycles. The SMILES string of the molecule is O=C(NCCOc1c(OCCNC(=O)c2ccc(O)c(O)c2)c(Cl)c2sc(S(=O)(=O)NCP(=O)(O)O)cc2c1Cl)c1ccc(O)c(O)c1. The minimum Gasteiger partial charge on any atom is -0.504 e. The normalized spacial score (nSPS) is 11.8. The van der Waals surface area contributed by atoms with Crippen molar-refractivity contribution in [1.82, 2.24) is 15.4 Å². The van der Waals surface area contributed by atoms with Crippen LogP contribution in [0.5, 0.6) is 34.5 Å². The second-order valence-corrected chi connectivity index (χ2v) is 15.1. The number of amides is 2. The fraction of sp³-hybridized carbons (Fsp3) is 0.185. The number of phenols is 4. The molecule has 1 heterocycles. The number of carbonyl (C=O) groups is 2. The molecule has 9 N–H and O–H groups in total. The Hall–Kier alpha value is -4.00. The molecule has 21 heteroatoms. The number of aromatic hydroxyl groups is 4. The van der Waals surface area contributed by atoms with E-state index in [1.54, 1.807) is 0 Å². The number of hydrogen-bond donors (Lipinski definition) is 9. The summed E-state index contributed by atoms with van der Waals surface area (Å²) in [6.45, 7) is -0.683. The Kier molecular flexibility index (Phi) is 11.5. The number of halogens is 2. The summed E-state index contributed by atoms with van der Waals surface area (Å²) in [6, 6.07) is 8.07. The molecule has 258 valence electrons. The van der Waals surface area contributed by atoms with Crippen molar-refractivity contribution in [2.24, 2.45) is 0 Å². The maximum absolute atomic E-state index is 12.8. The van der Waals surface area contributed by atoms with Crippen LogP contribution in [0, 0.1) is 0 Å². The van der Waals surface area contributed by atoms with Crippen LogP contribution in [0.2, 0.25) is 10.0 Å². The van der Waals surface area contributed by atoms with Crippen molar-refractivity contribution in [3.05, 3.63) is 63.6 Å². The van der Waals surface area contributed by atoms with E-state index < -0.39 is 58.7 Å². The summed E-state index contributed by atoms with van der Waals surface area (Å²) >= 11 is 13.9. The van der Waals surface area contributed by atoms with Crippen LogP contribution in [0.3, 0.4) is 0 Å². The van der Waals surface area contributed by atoms with Gasteiger partial charge in [0.05, 0.1) is 22.8 Å². The zero-order valence-electron chi connectivity index (χ0n) is 24.1. The van der Waals surface area contributed by atoms with E-state index in [0.29, 0.717) is 11.3 Å². The van der Waals surface area contributed by atoms with E-state index in [9.17, 15) is 43.0 Å². The van der Waals surface area contributed by atoms with Gasteiger partial charge in [-0.1, -0.05) is 23.2 Å². The van der Waals surface area contributed by atoms with Gasteiger partial charge in [-0.15, -0.1) is 11.3 Å². The van der Waals surface area contributed by atoms with E-state index in [2.05, 4.69) is 10.6 Å². The molecule has 0 atom stereocenters. The minimum atomic E-state index is -4.73. The molecule has 0 radical (unpaired) electrons. The van der Waals surface area contributed by atoms with Gasteiger partial charge in [0, 0.05) is 16.5 Å². The van der Waals surface area contributed by atoms with Gasteiger partial charge in [0.15, 0.2) is 34.5 Å². The number of nitrogens with one attached hydrogen (secondary N) is 3. The van der Waals surface area contributed by atoms with Crippen molar-refractivity contribution in [2.45, 2.75) is 4.21 Å². The van der Waals surface area contributed by atoms with Gasteiger partial charge in [0.2, 0.25) is 0 Å². The second kappa shape index (κ2) is 15.0. The number of sulfonamides is 1. The van der Waals surface area contributed by atoms with Gasteiger partial charge in [-0.05, 0) is 42.5 Å². The van der Waals surface area contributed by atoms with Crippen LogP contribution >= 0.6 is 42.1 Å². The summed E-state index contributed by atoms with van der Waals surface area (Å²) in [6.07, 6.45) is -1.15. The van der Waals surface area contributed by atoms with Crippen molar-refractivity contribution in [1.29, 1.82) is 0 Å². The summed E-state index contributed by atoms with van der Waals surface area (Å²) in [7, 11) is -9.16. The first-order valence-electron chi connectivity index (χ1n) is 13.3. The van der Waals surface area contributed by atoms with E-state index in [1.165, 1.54) is 12.1 Å². The van der Waals surface area contributed by atoms with Crippen LogP contribution in [0.25, 0.3) is 10.1 Å². The topological polar surface area (TPSA) is 261 Å². The Morgan fingerprint density at radius 1 is 0.771 bits per heavy atom. The summed E-state index contributed by atoms with van der Waals surface area (Å²) in [5.74, 6) is -3.36. The molecule has 3 aromatic carbocycles. The average Bonchev–Trinajstić information content (AvgIpc) is 3.49. The van der Waals surface area contributed by atoms with Crippen LogP contribution in [0.4, 0.5) is 0 Å². The molecule has 4 aromatic rings. The number of benzene rings is 3. The maximum atomic E-state index is 12.8. The molecule has 4 rings (SSSR count). The molecular formula is C27H26Cl2N3O13PS2. The Bertz CT molecular complexity index is 1920. The largest absolute Gasteiger partial charge is 0.504 e. The molecule has 0 aliphatic heterocycles. The van der Waals surface area contributed by atoms with Gasteiger partial charge in [-0.3, -0.25) is 14.2 Å². The Morgan fingerprint density at radius 3 is 1.71 bits per heavy atom. The molecule has 0 unspecified atom stereocenters. The standard InChI is InChI=1S/C27H26Cl2N3O13PS2/c28-21-15-11-20(48(42,43)32-12-46(39,40)41)47-25(15)22(29)24(45-8-6-31-27(38)14-2-4-17(34)19(36)10-14)23(21)44-7-5-30-26(37)13-1-3-16(33)18(35)9-13/h1-4,9-11,32-36H,5-8,12H2,(H,30,37)(H,31,38)(H2,39,40,41). The average molecular weight is 767 g/mol. The van der Waals surface area contributed by atoms with E-state index in [-0.39, 0.29) is 73.3 Å². The molecule has 0 aliphatic rings. The fourth-order valence-electron chi connectivity index (χ4n) is 3.92. The van der Waals surface area contributed by atoms with Crippen LogP contribution in [0.1, 0.15) is 20.7 Å². The number of carbonyl (C=O) groups excluding carboxylic acids is 2. The lowest BCUT2D eigenvalue weighted by Gasteiger charge is -2.17. The lowest BCUT2D eigenvalue weighted by Crippen LogP contribution is -2.28. The minimum absolute atomic E-state index is 0.0424. The first-order valence-corrected chi connectivity index (χ1v) is 18.2. The van der Waals surface area contributed by atoms with Crippen molar-refractivity contribution in [2.75, 3.05) is 32.6 Å². The van der Waals surface area contributed by atoms with Crippen molar-refractivity contribution in [3.63, 3.8) is 0 Å². The first kappa shape index (κ1) is 36.8. The van der Waals surface area contributed by atoms with Gasteiger partial charge in [-0.25, -0.2) is 8.42 Å². The smallest absolute Gasteiger partial charge is 0.340 e. The van der Waals surface area contributed by atoms with E-state index >= 15 is 0 Å². The van der Waals surface area contributed by atoms with Gasteiger partial charge < -0.3 is 50.3 Å². The number of ether oxygens (including phenoxy) is 2. The van der Waals surface area contributed by atoms with Crippen molar-refractivity contribution in [3.8, 4) is 34.5 Å². The zero-order chi connectivity index (χ0) is 35.4. The predicted molar refractivity (Wildman–Crippen MR) is 174 cm³/mol. The van der Waals surface area contributed by atoms with Crippen LogP contribution < -0.4 is 24.8 Å². The van der Waals surface area contributed by atoms with Gasteiger partial charge in [-0.2, -0.15) is 4.72 Å². The van der Waals surface area contributed by atoms with Crippen LogP contribution in [-0.2, 0) is 14.6 Å². The quantitative estimate of drug-likeness (QED) is 0.0509. The molecule has 0 fully saturated rings. The highest BCUT2D eigenvalue weighted by molar-refractivity contribution is 7.92. The molecule has 16 nitrogen and oxygen atoms in total. The maximum Gasteiger partial charge on any atom is 0.340 e. The second-order valence-electron chi connectivity index (χ2n) is 9.68. The van der Waals surface area contributed by atoms with Crippen molar-refractivity contribution < 1.29 is 62.3 Å². The van der Waals surface area contributed by atoms with Crippen LogP contribution in [-0.4, -0.2) is 83.0 Å². The number of thiophene rings is 1. The summed E-state index contributed by atoms with van der Waals surface area (Å²) < 4.78 is 49.9. The van der Waals surface area contributed by atoms with E-state index in [0.717, 1.165) is 30.3 Å². The highest BCUT2D eigenvalue weighted by Gasteiger charge is 2.28. The summed E-state index contributed by atoms with van der Waals surface area (Å²) in [5.41, 5.74) is 0.0850. The third kappa shape index (κ3) is 8.91. The fourth-order valence-corrected chi connectivity index (χ4v) is 8.09.